The monoisotopic (exact) mass is 388 g/mol. The number of aromatic amines is 1. The number of primary amides is 1. The molecule has 0 saturated heterocycles. The lowest BCUT2D eigenvalue weighted by Gasteiger charge is -2.30. The minimum atomic E-state index is -0.480. The summed E-state index contributed by atoms with van der Waals surface area (Å²) < 4.78 is 0. The molecule has 0 fully saturated rings. The average Bonchev–Trinajstić information content (AvgIpc) is 3.13. The Morgan fingerprint density at radius 2 is 2.10 bits per heavy atom. The highest BCUT2D eigenvalue weighted by Gasteiger charge is 2.29. The number of hydrogen-bond acceptors (Lipinski definition) is 5. The van der Waals surface area contributed by atoms with E-state index in [9.17, 15) is 14.7 Å². The largest absolute Gasteiger partial charge is 0.388 e. The van der Waals surface area contributed by atoms with E-state index in [0.29, 0.717) is 23.0 Å². The number of aliphatic hydroxyl groups is 1. The first-order valence-corrected chi connectivity index (χ1v) is 9.28. The number of aliphatic hydroxyl groups excluding tert-OH is 1. The van der Waals surface area contributed by atoms with Crippen molar-refractivity contribution < 1.29 is 9.90 Å². The smallest absolute Gasteiger partial charge is 0.258 e. The molecule has 0 spiro atoms. The molecule has 1 aliphatic carbocycles. The van der Waals surface area contributed by atoms with Gasteiger partial charge in [-0.2, -0.15) is 0 Å². The van der Waals surface area contributed by atoms with E-state index in [1.165, 1.54) is 0 Å². The van der Waals surface area contributed by atoms with E-state index in [4.69, 9.17) is 12.2 Å². The van der Waals surface area contributed by atoms with Crippen LogP contribution in [0.4, 0.5) is 5.69 Å². The summed E-state index contributed by atoms with van der Waals surface area (Å²) in [6, 6.07) is 10.8. The third-order valence-corrected chi connectivity index (χ3v) is 5.33. The molecular formula is C22H20N4O3. The summed E-state index contributed by atoms with van der Waals surface area (Å²) in [4.78, 5) is 32.8. The van der Waals surface area contributed by atoms with Crippen molar-refractivity contribution in [2.75, 3.05) is 11.4 Å². The van der Waals surface area contributed by atoms with Gasteiger partial charge in [0.25, 0.3) is 5.56 Å². The Morgan fingerprint density at radius 1 is 1.34 bits per heavy atom. The molecule has 4 N–H and O–H groups in total. The molecule has 1 heterocycles. The fraction of sp³-hybridized carbons (Fsp3) is 0.227. The number of hydrogen-bond donors (Lipinski definition) is 3. The minimum absolute atomic E-state index is 0.00166. The zero-order chi connectivity index (χ0) is 20.5. The van der Waals surface area contributed by atoms with Crippen molar-refractivity contribution in [1.29, 1.82) is 0 Å². The van der Waals surface area contributed by atoms with Crippen LogP contribution in [-0.2, 0) is 13.0 Å². The lowest BCUT2D eigenvalue weighted by atomic mass is 10.0. The zero-order valence-corrected chi connectivity index (χ0v) is 15.7. The SMILES string of the molecule is C#CCN(c1ccc(C(N)=O)cc1)[C@H]1CCc2cc3nc(CO)[nH]c(=O)c3cc21. The number of H-pyrrole nitrogens is 1. The highest BCUT2D eigenvalue weighted by atomic mass is 16.3. The Labute approximate surface area is 167 Å². The topological polar surface area (TPSA) is 112 Å². The van der Waals surface area contributed by atoms with Gasteiger partial charge in [-0.25, -0.2) is 4.98 Å². The van der Waals surface area contributed by atoms with Gasteiger partial charge in [0.2, 0.25) is 5.91 Å². The van der Waals surface area contributed by atoms with E-state index in [0.717, 1.165) is 29.7 Å². The number of fused-ring (bicyclic) bond motifs is 2. The van der Waals surface area contributed by atoms with Gasteiger partial charge in [0.15, 0.2) is 0 Å². The second kappa shape index (κ2) is 7.41. The van der Waals surface area contributed by atoms with Gasteiger partial charge in [-0.05, 0) is 60.4 Å². The quantitative estimate of drug-likeness (QED) is 0.575. The van der Waals surface area contributed by atoms with E-state index < -0.39 is 5.91 Å². The van der Waals surface area contributed by atoms with Gasteiger partial charge >= 0.3 is 0 Å². The number of anilines is 1. The molecule has 0 unspecified atom stereocenters. The maximum Gasteiger partial charge on any atom is 0.258 e. The Hall–Kier alpha value is -3.63. The third kappa shape index (κ3) is 3.35. The zero-order valence-electron chi connectivity index (χ0n) is 15.7. The number of benzene rings is 2. The van der Waals surface area contributed by atoms with Gasteiger partial charge in [-0.3, -0.25) is 9.59 Å². The predicted octanol–water partition coefficient (Wildman–Crippen LogP) is 1.64. The van der Waals surface area contributed by atoms with E-state index in [1.807, 2.05) is 24.3 Å². The molecule has 1 atom stereocenters. The fourth-order valence-corrected chi connectivity index (χ4v) is 3.96. The maximum atomic E-state index is 12.4. The first kappa shape index (κ1) is 18.7. The van der Waals surface area contributed by atoms with Crippen LogP contribution in [0, 0.1) is 12.3 Å². The molecule has 7 nitrogen and oxygen atoms in total. The van der Waals surface area contributed by atoms with Crippen molar-refractivity contribution in [2.45, 2.75) is 25.5 Å². The summed E-state index contributed by atoms with van der Waals surface area (Å²) in [6.07, 6.45) is 7.30. The number of amides is 1. The number of carbonyl (C=O) groups is 1. The van der Waals surface area contributed by atoms with E-state index in [1.54, 1.807) is 12.1 Å². The van der Waals surface area contributed by atoms with E-state index in [-0.39, 0.29) is 24.0 Å². The lowest BCUT2D eigenvalue weighted by molar-refractivity contribution is 0.100. The number of rotatable bonds is 5. The Balaban J connectivity index is 1.78. The summed E-state index contributed by atoms with van der Waals surface area (Å²) in [7, 11) is 0. The van der Waals surface area contributed by atoms with Crippen LogP contribution >= 0.6 is 0 Å². The Kier molecular flexibility index (Phi) is 4.79. The fourth-order valence-electron chi connectivity index (χ4n) is 3.96. The average molecular weight is 388 g/mol. The van der Waals surface area contributed by atoms with Crippen LogP contribution in [0.25, 0.3) is 10.9 Å². The predicted molar refractivity (Wildman–Crippen MR) is 110 cm³/mol. The second-order valence-corrected chi connectivity index (χ2v) is 7.04. The number of carbonyl (C=O) groups excluding carboxylic acids is 1. The van der Waals surface area contributed by atoms with Crippen LogP contribution in [0.3, 0.4) is 0 Å². The summed E-state index contributed by atoms with van der Waals surface area (Å²) >= 11 is 0. The van der Waals surface area contributed by atoms with Gasteiger partial charge in [-0.1, -0.05) is 5.92 Å². The van der Waals surface area contributed by atoms with Gasteiger partial charge in [0.1, 0.15) is 12.4 Å². The van der Waals surface area contributed by atoms with Crippen LogP contribution < -0.4 is 16.2 Å². The van der Waals surface area contributed by atoms with Crippen LogP contribution in [0.5, 0.6) is 0 Å². The first-order chi connectivity index (χ1) is 14.0. The second-order valence-electron chi connectivity index (χ2n) is 7.04. The molecule has 1 aliphatic rings. The van der Waals surface area contributed by atoms with Crippen molar-refractivity contribution in [3.63, 3.8) is 0 Å². The number of terminal acetylenes is 1. The third-order valence-electron chi connectivity index (χ3n) is 5.33. The van der Waals surface area contributed by atoms with E-state index >= 15 is 0 Å². The number of aromatic nitrogens is 2. The highest BCUT2D eigenvalue weighted by molar-refractivity contribution is 5.93. The van der Waals surface area contributed by atoms with Crippen molar-refractivity contribution in [3.05, 3.63) is 69.3 Å². The van der Waals surface area contributed by atoms with Crippen LogP contribution in [0.1, 0.15) is 39.8 Å². The van der Waals surface area contributed by atoms with Crippen molar-refractivity contribution in [1.82, 2.24) is 9.97 Å². The van der Waals surface area contributed by atoms with E-state index in [2.05, 4.69) is 20.8 Å². The molecule has 2 aromatic carbocycles. The van der Waals surface area contributed by atoms with Crippen LogP contribution in [0.2, 0.25) is 0 Å². The normalized spacial score (nSPS) is 15.1. The molecule has 1 aromatic heterocycles. The summed E-state index contributed by atoms with van der Waals surface area (Å²) in [5.41, 5.74) is 9.10. The summed E-state index contributed by atoms with van der Waals surface area (Å²) in [5.74, 6) is 2.47. The van der Waals surface area contributed by atoms with Crippen molar-refractivity contribution in [3.8, 4) is 12.3 Å². The molecule has 146 valence electrons. The van der Waals surface area contributed by atoms with Crippen molar-refractivity contribution in [2.24, 2.45) is 5.73 Å². The highest BCUT2D eigenvalue weighted by Crippen LogP contribution is 2.39. The number of nitrogens with one attached hydrogen (secondary N) is 1. The van der Waals surface area contributed by atoms with Gasteiger partial charge in [0.05, 0.1) is 23.5 Å². The van der Waals surface area contributed by atoms with Gasteiger partial charge in [-0.15, -0.1) is 6.42 Å². The standard InChI is InChI=1S/C22H20N4O3/c1-2-9-26(15-6-3-13(4-7-15)21(23)28)19-8-5-14-10-18-17(11-16(14)19)22(29)25-20(12-27)24-18/h1,3-4,6-7,10-11,19,27H,5,8-9,12H2,(H2,23,28)(H,24,25,29)/t19-/m0/s1. The minimum Gasteiger partial charge on any atom is -0.388 e. The Morgan fingerprint density at radius 3 is 2.76 bits per heavy atom. The number of nitrogens with two attached hydrogens (primary N) is 1. The van der Waals surface area contributed by atoms with Gasteiger partial charge in [0, 0.05) is 11.3 Å². The number of aryl methyl sites for hydroxylation is 1. The molecule has 1 amide bonds. The van der Waals surface area contributed by atoms with Crippen molar-refractivity contribution >= 4 is 22.5 Å². The molecule has 0 bridgehead atoms. The molecule has 7 heteroatoms. The Bertz CT molecular complexity index is 1190. The van der Waals surface area contributed by atoms with Crippen LogP contribution in [-0.4, -0.2) is 27.5 Å². The van der Waals surface area contributed by atoms with Crippen LogP contribution in [0.15, 0.2) is 41.2 Å². The first-order valence-electron chi connectivity index (χ1n) is 9.28. The maximum absolute atomic E-state index is 12.4. The molecular weight excluding hydrogens is 368 g/mol. The molecule has 29 heavy (non-hydrogen) atoms. The molecule has 0 saturated carbocycles. The molecule has 0 radical (unpaired) electrons. The number of nitrogens with zero attached hydrogens (tertiary/aromatic N) is 2. The molecule has 0 aliphatic heterocycles. The summed E-state index contributed by atoms with van der Waals surface area (Å²) in [6.45, 7) is 0.0677. The molecule has 4 rings (SSSR count). The summed E-state index contributed by atoms with van der Waals surface area (Å²) in [5, 5.41) is 9.77. The lowest BCUT2D eigenvalue weighted by Crippen LogP contribution is -2.28. The molecule has 3 aromatic rings. The van der Waals surface area contributed by atoms with Gasteiger partial charge < -0.3 is 20.7 Å².